The number of aliphatic carboxylic acids is 1. The summed E-state index contributed by atoms with van der Waals surface area (Å²) in [6.45, 7) is 4.17. The summed E-state index contributed by atoms with van der Waals surface area (Å²) in [6.07, 6.45) is 7.65. The van der Waals surface area contributed by atoms with Gasteiger partial charge in [-0.1, -0.05) is 38.8 Å². The topological polar surface area (TPSA) is 111 Å². The maximum absolute atomic E-state index is 10.7. The van der Waals surface area contributed by atoms with Crippen molar-refractivity contribution < 1.29 is 24.9 Å². The highest BCUT2D eigenvalue weighted by Gasteiger charge is 2.47. The Morgan fingerprint density at radius 3 is 2.79 bits per heavy atom. The first-order valence-corrected chi connectivity index (χ1v) is 10.4. The van der Waals surface area contributed by atoms with E-state index in [2.05, 4.69) is 13.0 Å². The predicted octanol–water partition coefficient (Wildman–Crippen LogP) is 3.55. The van der Waals surface area contributed by atoms with Gasteiger partial charge in [-0.2, -0.15) is 5.26 Å². The molecule has 0 spiro atoms. The molecule has 0 radical (unpaired) electrons. The van der Waals surface area contributed by atoms with Gasteiger partial charge in [0.1, 0.15) is 11.9 Å². The lowest BCUT2D eigenvalue weighted by Crippen LogP contribution is -2.20. The number of allylic oxidation sites excluding steroid dienone is 2. The normalized spacial score (nSPS) is 30.5. The zero-order chi connectivity index (χ0) is 20.7. The van der Waals surface area contributed by atoms with Crippen molar-refractivity contribution in [3.63, 3.8) is 0 Å². The van der Waals surface area contributed by atoms with Crippen LogP contribution in [-0.4, -0.2) is 39.6 Å². The third-order valence-electron chi connectivity index (χ3n) is 6.02. The molecule has 1 aliphatic carbocycles. The molecule has 0 aromatic heterocycles. The highest BCUT2D eigenvalue weighted by molar-refractivity contribution is 5.66. The average Bonchev–Trinajstić information content (AvgIpc) is 3.18. The van der Waals surface area contributed by atoms with Crippen molar-refractivity contribution in [1.29, 1.82) is 5.26 Å². The zero-order valence-corrected chi connectivity index (χ0v) is 16.9. The molecule has 2 aliphatic rings. The van der Waals surface area contributed by atoms with Gasteiger partial charge in [0, 0.05) is 31.1 Å². The summed E-state index contributed by atoms with van der Waals surface area (Å²) in [7, 11) is 0. The Kier molecular flexibility index (Phi) is 8.53. The van der Waals surface area contributed by atoms with Crippen molar-refractivity contribution in [3.05, 3.63) is 23.5 Å². The Bertz CT molecular complexity index is 635. The van der Waals surface area contributed by atoms with Crippen molar-refractivity contribution >= 4 is 5.97 Å². The number of ether oxygens (including phenoxy) is 1. The third-order valence-corrected chi connectivity index (χ3v) is 6.02. The number of rotatable bonds is 10. The van der Waals surface area contributed by atoms with Crippen LogP contribution in [0.4, 0.5) is 0 Å². The van der Waals surface area contributed by atoms with E-state index in [1.54, 1.807) is 6.08 Å². The molecule has 1 saturated carbocycles. The minimum atomic E-state index is -0.869. The summed E-state index contributed by atoms with van der Waals surface area (Å²) in [4.78, 5) is 10.7. The first-order chi connectivity index (χ1) is 13.4. The molecule has 0 aromatic carbocycles. The lowest BCUT2D eigenvalue weighted by atomic mass is 9.89. The molecule has 1 aliphatic heterocycles. The van der Waals surface area contributed by atoms with E-state index >= 15 is 0 Å². The van der Waals surface area contributed by atoms with E-state index < -0.39 is 18.2 Å². The molecule has 0 bridgehead atoms. The molecule has 3 N–H and O–H groups in total. The minimum absolute atomic E-state index is 0.0312. The van der Waals surface area contributed by atoms with E-state index in [9.17, 15) is 20.3 Å². The Hall–Kier alpha value is -1.84. The molecule has 156 valence electrons. The van der Waals surface area contributed by atoms with Gasteiger partial charge in [-0.15, -0.1) is 0 Å². The number of hydrogen-bond donors (Lipinski definition) is 3. The smallest absolute Gasteiger partial charge is 0.303 e. The largest absolute Gasteiger partial charge is 0.493 e. The average molecular weight is 392 g/mol. The van der Waals surface area contributed by atoms with Gasteiger partial charge in [0.25, 0.3) is 0 Å². The van der Waals surface area contributed by atoms with Crippen LogP contribution in [-0.2, 0) is 9.53 Å². The summed E-state index contributed by atoms with van der Waals surface area (Å²) in [5.74, 6) is -0.0615. The van der Waals surface area contributed by atoms with Crippen molar-refractivity contribution in [1.82, 2.24) is 0 Å². The standard InChI is InChI=1S/C22H33NO5/c1-3-4-6-14(2)18(24)10-9-16-17-11-20(28-21(17)12-19(16)25)15(13-23)7-5-8-22(26)27/h9-10,14,16-19,21,24-25H,3-8,11-12H2,1-2H3,(H,26,27)/b10-9-,20-15-/t14-,16+,17+,18+,19+,21-/m0/s1. The quantitative estimate of drug-likeness (QED) is 0.388. The number of carbonyl (C=O) groups is 1. The van der Waals surface area contributed by atoms with Gasteiger partial charge in [0.2, 0.25) is 0 Å². The summed E-state index contributed by atoms with van der Waals surface area (Å²) >= 11 is 0. The maximum atomic E-state index is 10.7. The molecule has 28 heavy (non-hydrogen) atoms. The molecule has 0 amide bonds. The lowest BCUT2D eigenvalue weighted by Gasteiger charge is -2.18. The van der Waals surface area contributed by atoms with Gasteiger partial charge in [-0.25, -0.2) is 0 Å². The number of carboxylic acids is 1. The molecule has 6 heteroatoms. The molecule has 0 unspecified atom stereocenters. The minimum Gasteiger partial charge on any atom is -0.493 e. The fourth-order valence-corrected chi connectivity index (χ4v) is 4.22. The van der Waals surface area contributed by atoms with Crippen LogP contribution in [0.25, 0.3) is 0 Å². The molecular weight excluding hydrogens is 358 g/mol. The van der Waals surface area contributed by atoms with Crippen LogP contribution in [0.5, 0.6) is 0 Å². The zero-order valence-electron chi connectivity index (χ0n) is 16.9. The van der Waals surface area contributed by atoms with Crippen LogP contribution in [0.3, 0.4) is 0 Å². The van der Waals surface area contributed by atoms with E-state index in [-0.39, 0.29) is 30.3 Å². The highest BCUT2D eigenvalue weighted by atomic mass is 16.5. The Morgan fingerprint density at radius 2 is 2.14 bits per heavy atom. The van der Waals surface area contributed by atoms with Crippen LogP contribution in [0, 0.1) is 29.1 Å². The second-order valence-corrected chi connectivity index (χ2v) is 8.16. The van der Waals surface area contributed by atoms with Gasteiger partial charge in [-0.05, 0) is 25.2 Å². The highest BCUT2D eigenvalue weighted by Crippen LogP contribution is 2.46. The van der Waals surface area contributed by atoms with E-state index in [0.29, 0.717) is 37.0 Å². The second-order valence-electron chi connectivity index (χ2n) is 8.16. The lowest BCUT2D eigenvalue weighted by molar-refractivity contribution is -0.137. The number of aliphatic hydroxyl groups is 2. The van der Waals surface area contributed by atoms with Crippen molar-refractivity contribution in [2.24, 2.45) is 17.8 Å². The number of nitrogens with zero attached hydrogens (tertiary/aromatic N) is 1. The van der Waals surface area contributed by atoms with Gasteiger partial charge in [0.05, 0.1) is 23.9 Å². The summed E-state index contributed by atoms with van der Waals surface area (Å²) in [6, 6.07) is 2.16. The second kappa shape index (κ2) is 10.6. The van der Waals surface area contributed by atoms with E-state index in [1.807, 2.05) is 13.0 Å². The number of unbranched alkanes of at least 4 members (excludes halogenated alkanes) is 1. The number of fused-ring (bicyclic) bond motifs is 1. The van der Waals surface area contributed by atoms with E-state index in [1.165, 1.54) is 0 Å². The number of carboxylic acid groups (broad SMARTS) is 1. The van der Waals surface area contributed by atoms with Crippen molar-refractivity contribution in [2.45, 2.75) is 83.5 Å². The Morgan fingerprint density at radius 1 is 1.39 bits per heavy atom. The predicted molar refractivity (Wildman–Crippen MR) is 105 cm³/mol. The van der Waals surface area contributed by atoms with Crippen molar-refractivity contribution in [3.8, 4) is 6.07 Å². The Balaban J connectivity index is 2.00. The summed E-state index contributed by atoms with van der Waals surface area (Å²) in [5, 5.41) is 38.9. The molecule has 1 heterocycles. The van der Waals surface area contributed by atoms with Crippen LogP contribution in [0.2, 0.25) is 0 Å². The first kappa shape index (κ1) is 22.4. The SMILES string of the molecule is CCCC[C@H](C)[C@H](O)/C=C\[C@@H]1[C@H]2C/C(=C(/C#N)CCCC(=O)O)O[C@H]2C[C@H]1O. The molecule has 2 fully saturated rings. The summed E-state index contributed by atoms with van der Waals surface area (Å²) in [5.41, 5.74) is 0.515. The van der Waals surface area contributed by atoms with Gasteiger partial charge in [0.15, 0.2) is 0 Å². The van der Waals surface area contributed by atoms with Gasteiger partial charge >= 0.3 is 5.97 Å². The van der Waals surface area contributed by atoms with Crippen LogP contribution in [0.1, 0.15) is 65.2 Å². The molecule has 6 nitrogen and oxygen atoms in total. The maximum Gasteiger partial charge on any atom is 0.303 e. The molecule has 1 saturated heterocycles. The number of aliphatic hydroxyl groups excluding tert-OH is 2. The fraction of sp³-hybridized carbons (Fsp3) is 0.727. The number of nitriles is 1. The molecule has 6 atom stereocenters. The monoisotopic (exact) mass is 391 g/mol. The van der Waals surface area contributed by atoms with E-state index in [0.717, 1.165) is 19.3 Å². The van der Waals surface area contributed by atoms with Crippen LogP contribution < -0.4 is 0 Å². The van der Waals surface area contributed by atoms with Gasteiger partial charge < -0.3 is 20.1 Å². The van der Waals surface area contributed by atoms with E-state index in [4.69, 9.17) is 9.84 Å². The summed E-state index contributed by atoms with van der Waals surface area (Å²) < 4.78 is 5.96. The molecular formula is C22H33NO5. The van der Waals surface area contributed by atoms with Gasteiger partial charge in [-0.3, -0.25) is 4.79 Å². The van der Waals surface area contributed by atoms with Crippen molar-refractivity contribution in [2.75, 3.05) is 0 Å². The fourth-order valence-electron chi connectivity index (χ4n) is 4.22. The molecule has 0 aromatic rings. The molecule has 2 rings (SSSR count). The van der Waals surface area contributed by atoms with Crippen LogP contribution in [0.15, 0.2) is 23.5 Å². The number of hydrogen-bond acceptors (Lipinski definition) is 5. The Labute approximate surface area is 167 Å². The van der Waals surface area contributed by atoms with Crippen LogP contribution >= 0.6 is 0 Å². The first-order valence-electron chi connectivity index (χ1n) is 10.4. The third kappa shape index (κ3) is 5.83.